The van der Waals surface area contributed by atoms with Gasteiger partial charge >= 0.3 is 5.37 Å². The van der Waals surface area contributed by atoms with Gasteiger partial charge in [0, 0.05) is 7.05 Å². The average Bonchev–Trinajstić information content (AvgIpc) is 1.63. The smallest absolute Gasteiger partial charge is 0.316 e. The number of carbonyl (C=O) groups excluding carboxylic acids is 2. The zero-order valence-corrected chi connectivity index (χ0v) is 6.10. The van der Waals surface area contributed by atoms with E-state index in [2.05, 4.69) is 0 Å². The van der Waals surface area contributed by atoms with Gasteiger partial charge in [-0.2, -0.15) is 0 Å². The Morgan fingerprint density at radius 1 is 1.56 bits per heavy atom. The van der Waals surface area contributed by atoms with Crippen molar-refractivity contribution in [1.29, 1.82) is 0 Å². The zero-order chi connectivity index (χ0) is 7.44. The van der Waals surface area contributed by atoms with E-state index in [9.17, 15) is 9.59 Å². The van der Waals surface area contributed by atoms with E-state index in [1.807, 2.05) is 0 Å². The number of hydrogen-bond donors (Lipinski definition) is 0. The van der Waals surface area contributed by atoms with E-state index in [0.29, 0.717) is 0 Å². The Kier molecular flexibility index (Phi) is 3.24. The first-order chi connectivity index (χ1) is 4.04. The summed E-state index contributed by atoms with van der Waals surface area (Å²) in [6, 6.07) is 0. The highest BCUT2D eigenvalue weighted by Gasteiger charge is 2.04. The maximum absolute atomic E-state index is 10.3. The Morgan fingerprint density at radius 2 is 2.00 bits per heavy atom. The SMILES string of the molecule is CC(=O)CN(C)C(=O)Cl. The fourth-order valence-electron chi connectivity index (χ4n) is 0.396. The Balaban J connectivity index is 3.63. The number of halogens is 1. The van der Waals surface area contributed by atoms with Crippen LogP contribution in [0.15, 0.2) is 0 Å². The molecule has 0 atom stereocenters. The van der Waals surface area contributed by atoms with E-state index in [4.69, 9.17) is 11.6 Å². The predicted molar refractivity (Wildman–Crippen MR) is 34.6 cm³/mol. The van der Waals surface area contributed by atoms with Crippen molar-refractivity contribution in [3.05, 3.63) is 0 Å². The van der Waals surface area contributed by atoms with Crippen LogP contribution in [0.1, 0.15) is 6.92 Å². The molecule has 0 bridgehead atoms. The van der Waals surface area contributed by atoms with Crippen molar-refractivity contribution in [2.24, 2.45) is 0 Å². The number of likely N-dealkylation sites (N-methyl/N-ethyl adjacent to an activating group) is 1. The second kappa shape index (κ2) is 3.45. The first kappa shape index (κ1) is 8.43. The lowest BCUT2D eigenvalue weighted by Gasteiger charge is -2.08. The van der Waals surface area contributed by atoms with E-state index >= 15 is 0 Å². The lowest BCUT2D eigenvalue weighted by molar-refractivity contribution is -0.117. The van der Waals surface area contributed by atoms with Gasteiger partial charge in [0.1, 0.15) is 5.78 Å². The van der Waals surface area contributed by atoms with Crippen molar-refractivity contribution >= 4 is 22.8 Å². The van der Waals surface area contributed by atoms with Gasteiger partial charge in [-0.05, 0) is 18.5 Å². The third-order valence-corrected chi connectivity index (χ3v) is 1.05. The molecule has 4 heteroatoms. The lowest BCUT2D eigenvalue weighted by atomic mass is 10.4. The molecular weight excluding hydrogens is 142 g/mol. The Morgan fingerprint density at radius 3 is 2.11 bits per heavy atom. The largest absolute Gasteiger partial charge is 0.325 e. The molecule has 0 N–H and O–H groups in total. The van der Waals surface area contributed by atoms with Crippen LogP contribution >= 0.6 is 11.6 Å². The van der Waals surface area contributed by atoms with Gasteiger partial charge in [-0.15, -0.1) is 0 Å². The highest BCUT2D eigenvalue weighted by Crippen LogP contribution is 1.90. The number of amides is 1. The Hall–Kier alpha value is -0.570. The molecule has 0 saturated carbocycles. The molecule has 0 unspecified atom stereocenters. The molecule has 52 valence electrons. The molecule has 0 aromatic rings. The summed E-state index contributed by atoms with van der Waals surface area (Å²) in [7, 11) is 1.47. The standard InChI is InChI=1S/C5H8ClNO2/c1-4(8)3-7(2)5(6)9/h3H2,1-2H3. The second-order valence-electron chi connectivity index (χ2n) is 1.81. The van der Waals surface area contributed by atoms with Gasteiger partial charge in [-0.1, -0.05) is 0 Å². The van der Waals surface area contributed by atoms with E-state index in [1.54, 1.807) is 0 Å². The fraction of sp³-hybridized carbons (Fsp3) is 0.600. The summed E-state index contributed by atoms with van der Waals surface area (Å²) in [5.41, 5.74) is 0. The first-order valence-corrected chi connectivity index (χ1v) is 2.82. The molecule has 9 heavy (non-hydrogen) atoms. The summed E-state index contributed by atoms with van der Waals surface area (Å²) in [6.07, 6.45) is 0. The predicted octanol–water partition coefficient (Wildman–Crippen LogP) is 0.866. The minimum absolute atomic E-state index is 0.0773. The molecule has 0 saturated heterocycles. The Bertz CT molecular complexity index is 135. The first-order valence-electron chi connectivity index (χ1n) is 2.44. The summed E-state index contributed by atoms with van der Waals surface area (Å²) in [6.45, 7) is 1.48. The van der Waals surface area contributed by atoms with E-state index in [0.717, 1.165) is 4.90 Å². The minimum Gasteiger partial charge on any atom is -0.325 e. The van der Waals surface area contributed by atoms with Crippen LogP contribution in [0.4, 0.5) is 4.79 Å². The van der Waals surface area contributed by atoms with Crippen LogP contribution in [-0.4, -0.2) is 29.6 Å². The molecule has 0 fully saturated rings. The third kappa shape index (κ3) is 3.97. The second-order valence-corrected chi connectivity index (χ2v) is 2.13. The van der Waals surface area contributed by atoms with Gasteiger partial charge in [-0.3, -0.25) is 9.59 Å². The summed E-state index contributed by atoms with van der Waals surface area (Å²) in [5, 5.41) is -0.606. The lowest BCUT2D eigenvalue weighted by Crippen LogP contribution is -2.26. The number of carbonyl (C=O) groups is 2. The van der Waals surface area contributed by atoms with Crippen molar-refractivity contribution < 1.29 is 9.59 Å². The van der Waals surface area contributed by atoms with Gasteiger partial charge in [-0.25, -0.2) is 0 Å². The summed E-state index contributed by atoms with van der Waals surface area (Å²) in [4.78, 5) is 21.7. The molecule has 0 aliphatic carbocycles. The van der Waals surface area contributed by atoms with Crippen molar-refractivity contribution in [3.63, 3.8) is 0 Å². The van der Waals surface area contributed by atoms with Gasteiger partial charge < -0.3 is 4.90 Å². The van der Waals surface area contributed by atoms with Crippen LogP contribution in [0.3, 0.4) is 0 Å². The van der Waals surface area contributed by atoms with Crippen LogP contribution in [0.5, 0.6) is 0 Å². The summed E-state index contributed by atoms with van der Waals surface area (Å²) >= 11 is 5.01. The van der Waals surface area contributed by atoms with Gasteiger partial charge in [0.2, 0.25) is 0 Å². The molecule has 0 radical (unpaired) electrons. The molecule has 0 spiro atoms. The zero-order valence-electron chi connectivity index (χ0n) is 5.35. The molecule has 1 amide bonds. The van der Waals surface area contributed by atoms with Crippen molar-refractivity contribution in [2.75, 3.05) is 13.6 Å². The molecule has 0 rings (SSSR count). The molecule has 3 nitrogen and oxygen atoms in total. The van der Waals surface area contributed by atoms with Crippen LogP contribution in [0.25, 0.3) is 0 Å². The van der Waals surface area contributed by atoms with Gasteiger partial charge in [0.05, 0.1) is 6.54 Å². The quantitative estimate of drug-likeness (QED) is 0.432. The van der Waals surface area contributed by atoms with Gasteiger partial charge in [0.25, 0.3) is 0 Å². The van der Waals surface area contributed by atoms with Crippen LogP contribution in [0.2, 0.25) is 0 Å². The number of ketones is 1. The van der Waals surface area contributed by atoms with E-state index in [-0.39, 0.29) is 12.3 Å². The summed E-state index contributed by atoms with van der Waals surface area (Å²) in [5.74, 6) is -0.0773. The molecule has 0 heterocycles. The fourth-order valence-corrected chi connectivity index (χ4v) is 0.456. The van der Waals surface area contributed by atoms with Crippen molar-refractivity contribution in [2.45, 2.75) is 6.92 Å². The van der Waals surface area contributed by atoms with Crippen molar-refractivity contribution in [3.8, 4) is 0 Å². The highest BCUT2D eigenvalue weighted by molar-refractivity contribution is 6.62. The number of Topliss-reactive ketones (excluding diaryl/α,β-unsaturated/α-hetero) is 1. The Labute approximate surface area is 58.6 Å². The number of rotatable bonds is 2. The van der Waals surface area contributed by atoms with E-state index in [1.165, 1.54) is 14.0 Å². The maximum Gasteiger partial charge on any atom is 0.316 e. The highest BCUT2D eigenvalue weighted by atomic mass is 35.5. The number of hydrogen-bond acceptors (Lipinski definition) is 2. The minimum atomic E-state index is -0.606. The van der Waals surface area contributed by atoms with Crippen LogP contribution in [0, 0.1) is 0 Å². The van der Waals surface area contributed by atoms with E-state index < -0.39 is 5.37 Å². The molecule has 0 aromatic carbocycles. The number of nitrogens with zero attached hydrogens (tertiary/aromatic N) is 1. The molecular formula is C5H8ClNO2. The molecule has 0 aliphatic heterocycles. The monoisotopic (exact) mass is 149 g/mol. The van der Waals surface area contributed by atoms with Crippen molar-refractivity contribution in [1.82, 2.24) is 4.90 Å². The van der Waals surface area contributed by atoms with Gasteiger partial charge in [0.15, 0.2) is 0 Å². The third-order valence-electron chi connectivity index (χ3n) is 0.760. The topological polar surface area (TPSA) is 37.4 Å². The van der Waals surface area contributed by atoms with Crippen LogP contribution in [-0.2, 0) is 4.79 Å². The summed E-state index contributed by atoms with van der Waals surface area (Å²) < 4.78 is 0. The normalized spacial score (nSPS) is 8.78. The van der Waals surface area contributed by atoms with Crippen LogP contribution < -0.4 is 0 Å². The molecule has 0 aromatic heterocycles. The average molecular weight is 150 g/mol. The maximum atomic E-state index is 10.3. The molecule has 0 aliphatic rings.